The van der Waals surface area contributed by atoms with Crippen LogP contribution in [0.4, 0.5) is 0 Å². The molecule has 1 rings (SSSR count). The fourth-order valence-electron chi connectivity index (χ4n) is 0.930. The Bertz CT molecular complexity index is 270. The second-order valence-electron chi connectivity index (χ2n) is 2.78. The van der Waals surface area contributed by atoms with Crippen LogP contribution in [-0.2, 0) is 0 Å². The van der Waals surface area contributed by atoms with Crippen molar-refractivity contribution in [2.24, 2.45) is 0 Å². The van der Waals surface area contributed by atoms with E-state index in [4.69, 9.17) is 0 Å². The summed E-state index contributed by atoms with van der Waals surface area (Å²) in [7, 11) is 0. The van der Waals surface area contributed by atoms with E-state index < -0.39 is 0 Å². The summed E-state index contributed by atoms with van der Waals surface area (Å²) in [6.07, 6.45) is 2.16. The van der Waals surface area contributed by atoms with Crippen molar-refractivity contribution in [1.82, 2.24) is 0 Å². The summed E-state index contributed by atoms with van der Waals surface area (Å²) >= 11 is 3.42. The van der Waals surface area contributed by atoms with E-state index in [0.717, 1.165) is 4.47 Å². The van der Waals surface area contributed by atoms with E-state index in [1.807, 2.05) is 12.1 Å². The fourth-order valence-corrected chi connectivity index (χ4v) is 1.35. The molecular weight excluding hydrogens is 200 g/mol. The second-order valence-corrected chi connectivity index (χ2v) is 3.69. The minimum absolute atomic E-state index is 1.13. The SMILES string of the molecule is CC(C)=Cc1cccc(Br)c1. The molecule has 0 heterocycles. The monoisotopic (exact) mass is 210 g/mol. The molecule has 0 N–H and O–H groups in total. The van der Waals surface area contributed by atoms with Crippen molar-refractivity contribution in [2.45, 2.75) is 13.8 Å². The normalized spacial score (nSPS) is 9.36. The summed E-state index contributed by atoms with van der Waals surface area (Å²) < 4.78 is 1.13. The van der Waals surface area contributed by atoms with Gasteiger partial charge in [-0.15, -0.1) is 0 Å². The molecule has 1 heteroatoms. The molecule has 0 saturated heterocycles. The highest BCUT2D eigenvalue weighted by Gasteiger charge is 1.88. The molecule has 0 bridgehead atoms. The first kappa shape index (κ1) is 8.54. The van der Waals surface area contributed by atoms with Gasteiger partial charge in [-0.3, -0.25) is 0 Å². The van der Waals surface area contributed by atoms with Gasteiger partial charge in [0.15, 0.2) is 0 Å². The molecule has 58 valence electrons. The van der Waals surface area contributed by atoms with E-state index in [0.29, 0.717) is 0 Å². The summed E-state index contributed by atoms with van der Waals surface area (Å²) in [4.78, 5) is 0. The van der Waals surface area contributed by atoms with E-state index in [-0.39, 0.29) is 0 Å². The minimum atomic E-state index is 1.13. The zero-order chi connectivity index (χ0) is 8.27. The van der Waals surface area contributed by atoms with Gasteiger partial charge < -0.3 is 0 Å². The maximum Gasteiger partial charge on any atom is 0.0181 e. The predicted molar refractivity (Wildman–Crippen MR) is 53.5 cm³/mol. The Morgan fingerprint density at radius 3 is 2.64 bits per heavy atom. The van der Waals surface area contributed by atoms with Crippen molar-refractivity contribution >= 4 is 22.0 Å². The first-order valence-corrected chi connectivity index (χ1v) is 4.38. The highest BCUT2D eigenvalue weighted by Crippen LogP contribution is 2.13. The highest BCUT2D eigenvalue weighted by molar-refractivity contribution is 9.10. The van der Waals surface area contributed by atoms with Crippen LogP contribution < -0.4 is 0 Å². The lowest BCUT2D eigenvalue weighted by atomic mass is 10.2. The van der Waals surface area contributed by atoms with Gasteiger partial charge in [0.05, 0.1) is 0 Å². The Morgan fingerprint density at radius 2 is 2.09 bits per heavy atom. The molecule has 0 saturated carbocycles. The number of allylic oxidation sites excluding steroid dienone is 1. The maximum absolute atomic E-state index is 3.42. The molecule has 1 aromatic carbocycles. The van der Waals surface area contributed by atoms with Gasteiger partial charge in [0.1, 0.15) is 0 Å². The third-order valence-corrected chi connectivity index (χ3v) is 1.80. The first-order valence-electron chi connectivity index (χ1n) is 3.59. The molecule has 0 aliphatic rings. The smallest absolute Gasteiger partial charge is 0.0181 e. The summed E-state index contributed by atoms with van der Waals surface area (Å²) in [5.74, 6) is 0. The molecule has 0 radical (unpaired) electrons. The van der Waals surface area contributed by atoms with Gasteiger partial charge in [-0.1, -0.05) is 39.7 Å². The van der Waals surface area contributed by atoms with Crippen LogP contribution in [0.15, 0.2) is 34.3 Å². The largest absolute Gasteiger partial charge is 0.0758 e. The van der Waals surface area contributed by atoms with Crippen molar-refractivity contribution < 1.29 is 0 Å². The lowest BCUT2D eigenvalue weighted by Crippen LogP contribution is -1.72. The third kappa shape index (κ3) is 2.89. The fraction of sp³-hybridized carbons (Fsp3) is 0.200. The standard InChI is InChI=1S/C10H11Br/c1-8(2)6-9-4-3-5-10(11)7-9/h3-7H,1-2H3. The van der Waals surface area contributed by atoms with Gasteiger partial charge in [-0.05, 0) is 31.5 Å². The molecular formula is C10H11Br. The lowest BCUT2D eigenvalue weighted by molar-refractivity contribution is 1.42. The van der Waals surface area contributed by atoms with Crippen molar-refractivity contribution in [2.75, 3.05) is 0 Å². The number of halogens is 1. The average Bonchev–Trinajstić information content (AvgIpc) is 1.85. The molecule has 0 spiro atoms. The molecule has 0 fully saturated rings. The summed E-state index contributed by atoms with van der Waals surface area (Å²) in [6.45, 7) is 4.20. The van der Waals surface area contributed by atoms with Crippen LogP contribution in [0.5, 0.6) is 0 Å². The van der Waals surface area contributed by atoms with Crippen LogP contribution in [0.3, 0.4) is 0 Å². The van der Waals surface area contributed by atoms with Gasteiger partial charge in [-0.25, -0.2) is 0 Å². The number of hydrogen-bond acceptors (Lipinski definition) is 0. The average molecular weight is 211 g/mol. The van der Waals surface area contributed by atoms with Crippen molar-refractivity contribution in [3.8, 4) is 0 Å². The van der Waals surface area contributed by atoms with Crippen LogP contribution in [-0.4, -0.2) is 0 Å². The van der Waals surface area contributed by atoms with E-state index in [1.54, 1.807) is 0 Å². The van der Waals surface area contributed by atoms with Crippen LogP contribution in [0.1, 0.15) is 19.4 Å². The second kappa shape index (κ2) is 3.72. The lowest BCUT2D eigenvalue weighted by Gasteiger charge is -1.94. The van der Waals surface area contributed by atoms with Crippen LogP contribution in [0.2, 0.25) is 0 Å². The first-order chi connectivity index (χ1) is 5.18. The Labute approximate surface area is 76.1 Å². The summed E-state index contributed by atoms with van der Waals surface area (Å²) in [5, 5.41) is 0. The topological polar surface area (TPSA) is 0 Å². The number of benzene rings is 1. The Morgan fingerprint density at radius 1 is 1.36 bits per heavy atom. The molecule has 0 aliphatic carbocycles. The predicted octanol–water partition coefficient (Wildman–Crippen LogP) is 3.87. The molecule has 0 atom stereocenters. The van der Waals surface area contributed by atoms with Gasteiger partial charge in [0.25, 0.3) is 0 Å². The summed E-state index contributed by atoms with van der Waals surface area (Å²) in [5.41, 5.74) is 2.57. The van der Waals surface area contributed by atoms with Crippen LogP contribution in [0.25, 0.3) is 6.08 Å². The highest BCUT2D eigenvalue weighted by atomic mass is 79.9. The quantitative estimate of drug-likeness (QED) is 0.661. The Kier molecular flexibility index (Phi) is 2.89. The number of rotatable bonds is 1. The molecule has 1 aromatic rings. The van der Waals surface area contributed by atoms with Gasteiger partial charge in [0, 0.05) is 4.47 Å². The zero-order valence-corrected chi connectivity index (χ0v) is 8.35. The number of hydrogen-bond donors (Lipinski definition) is 0. The summed E-state index contributed by atoms with van der Waals surface area (Å²) in [6, 6.07) is 8.27. The molecule has 0 amide bonds. The maximum atomic E-state index is 3.42. The van der Waals surface area contributed by atoms with E-state index in [1.165, 1.54) is 11.1 Å². The molecule has 0 aromatic heterocycles. The Hall–Kier alpha value is -0.560. The Balaban J connectivity index is 2.97. The van der Waals surface area contributed by atoms with Crippen molar-refractivity contribution in [3.63, 3.8) is 0 Å². The molecule has 0 aliphatic heterocycles. The molecule has 0 unspecified atom stereocenters. The van der Waals surface area contributed by atoms with Gasteiger partial charge >= 0.3 is 0 Å². The zero-order valence-electron chi connectivity index (χ0n) is 6.76. The van der Waals surface area contributed by atoms with Crippen LogP contribution >= 0.6 is 15.9 Å². The molecule has 0 nitrogen and oxygen atoms in total. The third-order valence-electron chi connectivity index (χ3n) is 1.30. The van der Waals surface area contributed by atoms with E-state index in [9.17, 15) is 0 Å². The molecule has 11 heavy (non-hydrogen) atoms. The van der Waals surface area contributed by atoms with Crippen LogP contribution in [0, 0.1) is 0 Å². The van der Waals surface area contributed by atoms with Crippen molar-refractivity contribution in [1.29, 1.82) is 0 Å². The minimum Gasteiger partial charge on any atom is -0.0758 e. The van der Waals surface area contributed by atoms with Gasteiger partial charge in [0.2, 0.25) is 0 Å². The van der Waals surface area contributed by atoms with E-state index >= 15 is 0 Å². The van der Waals surface area contributed by atoms with E-state index in [2.05, 4.69) is 48.0 Å². The van der Waals surface area contributed by atoms with Crippen molar-refractivity contribution in [3.05, 3.63) is 39.9 Å². The van der Waals surface area contributed by atoms with Gasteiger partial charge in [-0.2, -0.15) is 0 Å².